The fraction of sp³-hybridized carbons (Fsp3) is 0.406. The number of fused-ring (bicyclic) bond motifs is 1. The second-order valence-electron chi connectivity index (χ2n) is 12.2. The van der Waals surface area contributed by atoms with Crippen molar-refractivity contribution in [3.05, 3.63) is 70.9 Å². The van der Waals surface area contributed by atoms with Gasteiger partial charge in [-0.3, -0.25) is 14.9 Å². The summed E-state index contributed by atoms with van der Waals surface area (Å²) in [5.41, 5.74) is 2.36. The molecule has 11 nitrogen and oxygen atoms in total. The zero-order valence-electron chi connectivity index (χ0n) is 25.4. The number of thiophene rings is 1. The van der Waals surface area contributed by atoms with Crippen molar-refractivity contribution in [3.8, 4) is 11.1 Å². The van der Waals surface area contributed by atoms with E-state index in [9.17, 15) is 20.0 Å². The van der Waals surface area contributed by atoms with E-state index < -0.39 is 0 Å². The number of imidazole rings is 1. The van der Waals surface area contributed by atoms with Crippen molar-refractivity contribution in [1.29, 1.82) is 5.26 Å². The maximum Gasteiger partial charge on any atom is 0.268 e. The quantitative estimate of drug-likeness (QED) is 0.177. The largest absolute Gasteiger partial charge is 0.395 e. The summed E-state index contributed by atoms with van der Waals surface area (Å²) in [5, 5.41) is 30.5. The lowest BCUT2D eigenvalue weighted by Crippen LogP contribution is -2.39. The fourth-order valence-electron chi connectivity index (χ4n) is 5.29. The molecular weight excluding hydrogens is 576 g/mol. The summed E-state index contributed by atoms with van der Waals surface area (Å²) in [5.74, 6) is -0.170. The molecular formula is C32H38N8O3S. The molecule has 12 heteroatoms. The van der Waals surface area contributed by atoms with E-state index in [0.717, 1.165) is 28.9 Å². The van der Waals surface area contributed by atoms with Crippen molar-refractivity contribution in [2.24, 2.45) is 5.41 Å². The Bertz CT molecular complexity index is 1710. The smallest absolute Gasteiger partial charge is 0.268 e. The molecule has 5 rings (SSSR count). The van der Waals surface area contributed by atoms with E-state index in [2.05, 4.69) is 21.8 Å². The number of aliphatic hydroxyl groups is 1. The van der Waals surface area contributed by atoms with Crippen molar-refractivity contribution in [1.82, 2.24) is 29.5 Å². The van der Waals surface area contributed by atoms with Crippen LogP contribution in [0.5, 0.6) is 0 Å². The van der Waals surface area contributed by atoms with Crippen LogP contribution in [0.4, 0.5) is 5.95 Å². The molecule has 1 aromatic carbocycles. The van der Waals surface area contributed by atoms with Gasteiger partial charge in [-0.25, -0.2) is 9.67 Å². The molecule has 3 N–H and O–H groups in total. The van der Waals surface area contributed by atoms with E-state index in [4.69, 9.17) is 4.98 Å². The van der Waals surface area contributed by atoms with Crippen molar-refractivity contribution in [2.45, 2.75) is 65.7 Å². The number of rotatable bonds is 10. The standard InChI is InChI=1S/C32H38N8O3S/c1-21(20-41)34-18-22-8-9-26-25(15-22)36-31(37-29(42)27-10-11-28(44-27)40-14-6-12-35-40)39(26)19-24-7-5-13-38(24)30(43)23(17-33)16-32(2,3)4/h6,8-12,14-16,21,24,34,41H,5,7,13,18-20H2,1-4H3,(H,36,37,42)/b23-16+/t21-,24-/m1/s1. The molecule has 0 spiro atoms. The molecule has 0 saturated carbocycles. The number of carbonyl (C=O) groups is 2. The van der Waals surface area contributed by atoms with Gasteiger partial charge in [-0.05, 0) is 61.1 Å². The fourth-order valence-corrected chi connectivity index (χ4v) is 6.13. The average molecular weight is 615 g/mol. The Balaban J connectivity index is 1.45. The van der Waals surface area contributed by atoms with Crippen LogP contribution in [0.1, 0.15) is 55.8 Å². The molecule has 4 heterocycles. The molecule has 2 amide bonds. The first kappa shape index (κ1) is 31.1. The van der Waals surface area contributed by atoms with Gasteiger partial charge in [0, 0.05) is 38.1 Å². The van der Waals surface area contributed by atoms with Crippen LogP contribution >= 0.6 is 11.3 Å². The van der Waals surface area contributed by atoms with E-state index >= 15 is 0 Å². The number of carbonyl (C=O) groups excluding carboxylic acids is 2. The van der Waals surface area contributed by atoms with Crippen molar-refractivity contribution in [3.63, 3.8) is 0 Å². The van der Waals surface area contributed by atoms with Gasteiger partial charge in [0.1, 0.15) is 16.6 Å². The van der Waals surface area contributed by atoms with E-state index in [-0.39, 0.29) is 41.5 Å². The Labute approximate surface area is 260 Å². The zero-order valence-corrected chi connectivity index (χ0v) is 26.3. The lowest BCUT2D eigenvalue weighted by atomic mass is 9.93. The van der Waals surface area contributed by atoms with Crippen LogP contribution in [-0.2, 0) is 17.9 Å². The molecule has 4 aromatic rings. The van der Waals surface area contributed by atoms with Crippen LogP contribution in [-0.4, -0.2) is 66.4 Å². The molecule has 1 aliphatic heterocycles. The Morgan fingerprint density at radius 2 is 2.09 bits per heavy atom. The summed E-state index contributed by atoms with van der Waals surface area (Å²) in [6.45, 7) is 9.36. The van der Waals surface area contributed by atoms with Gasteiger partial charge in [0.05, 0.1) is 28.6 Å². The molecule has 1 fully saturated rings. The molecule has 3 aromatic heterocycles. The number of allylic oxidation sites excluding steroid dienone is 1. The third-order valence-electron chi connectivity index (χ3n) is 7.47. The normalized spacial score (nSPS) is 16.3. The van der Waals surface area contributed by atoms with Crippen LogP contribution in [0.25, 0.3) is 16.0 Å². The number of hydrogen-bond acceptors (Lipinski definition) is 8. The van der Waals surface area contributed by atoms with Gasteiger partial charge in [-0.2, -0.15) is 10.4 Å². The van der Waals surface area contributed by atoms with E-state index in [1.165, 1.54) is 11.3 Å². The van der Waals surface area contributed by atoms with Gasteiger partial charge < -0.3 is 19.9 Å². The molecule has 230 valence electrons. The summed E-state index contributed by atoms with van der Waals surface area (Å²) < 4.78 is 3.66. The second-order valence-corrected chi connectivity index (χ2v) is 13.3. The molecule has 0 bridgehead atoms. The van der Waals surface area contributed by atoms with Gasteiger partial charge >= 0.3 is 0 Å². The maximum absolute atomic E-state index is 13.5. The van der Waals surface area contributed by atoms with Crippen LogP contribution in [0.3, 0.4) is 0 Å². The number of likely N-dealkylation sites (tertiary alicyclic amines) is 1. The number of nitrogens with one attached hydrogen (secondary N) is 2. The molecule has 1 saturated heterocycles. The highest BCUT2D eigenvalue weighted by molar-refractivity contribution is 7.16. The lowest BCUT2D eigenvalue weighted by Gasteiger charge is -2.26. The topological polar surface area (TPSA) is 141 Å². The first-order valence-corrected chi connectivity index (χ1v) is 15.6. The first-order chi connectivity index (χ1) is 21.1. The highest BCUT2D eigenvalue weighted by Crippen LogP contribution is 2.29. The lowest BCUT2D eigenvalue weighted by molar-refractivity contribution is -0.127. The molecule has 0 unspecified atom stereocenters. The van der Waals surface area contributed by atoms with Crippen molar-refractivity contribution in [2.75, 3.05) is 18.5 Å². The van der Waals surface area contributed by atoms with Crippen molar-refractivity contribution < 1.29 is 14.7 Å². The van der Waals surface area contributed by atoms with Crippen LogP contribution < -0.4 is 10.6 Å². The van der Waals surface area contributed by atoms with Gasteiger partial charge in [0.25, 0.3) is 11.8 Å². The number of benzene rings is 1. The van der Waals surface area contributed by atoms with E-state index in [1.54, 1.807) is 27.9 Å². The van der Waals surface area contributed by atoms with Crippen LogP contribution in [0.2, 0.25) is 0 Å². The predicted molar refractivity (Wildman–Crippen MR) is 170 cm³/mol. The molecule has 2 atom stereocenters. The summed E-state index contributed by atoms with van der Waals surface area (Å²) >= 11 is 1.32. The molecule has 44 heavy (non-hydrogen) atoms. The number of anilines is 1. The van der Waals surface area contributed by atoms with E-state index in [0.29, 0.717) is 36.0 Å². The highest BCUT2D eigenvalue weighted by atomic mass is 32.1. The van der Waals surface area contributed by atoms with Crippen LogP contribution in [0.15, 0.2) is 60.4 Å². The monoisotopic (exact) mass is 614 g/mol. The number of aliphatic hydroxyl groups excluding tert-OH is 1. The number of nitrogens with zero attached hydrogens (tertiary/aromatic N) is 6. The van der Waals surface area contributed by atoms with Crippen LogP contribution in [0, 0.1) is 16.7 Å². The number of hydrogen-bond donors (Lipinski definition) is 3. The second kappa shape index (κ2) is 13.1. The third kappa shape index (κ3) is 7.07. The highest BCUT2D eigenvalue weighted by Gasteiger charge is 2.32. The summed E-state index contributed by atoms with van der Waals surface area (Å²) in [6, 6.07) is 13.3. The van der Waals surface area contributed by atoms with E-state index in [1.807, 2.05) is 68.8 Å². The minimum atomic E-state index is -0.311. The minimum absolute atomic E-state index is 0.0347. The van der Waals surface area contributed by atoms with Gasteiger partial charge in [0.2, 0.25) is 5.95 Å². The molecule has 0 aliphatic carbocycles. The zero-order chi connectivity index (χ0) is 31.4. The average Bonchev–Trinajstić information content (AvgIpc) is 3.81. The first-order valence-electron chi connectivity index (χ1n) is 14.7. The van der Waals surface area contributed by atoms with Gasteiger partial charge in [-0.1, -0.05) is 32.9 Å². The molecule has 1 aliphatic rings. The Hall–Kier alpha value is -4.31. The predicted octanol–water partition coefficient (Wildman–Crippen LogP) is 4.49. The minimum Gasteiger partial charge on any atom is -0.395 e. The molecule has 0 radical (unpaired) electrons. The summed E-state index contributed by atoms with van der Waals surface area (Å²) in [4.78, 5) is 34.1. The summed E-state index contributed by atoms with van der Waals surface area (Å²) in [7, 11) is 0. The van der Waals surface area contributed by atoms with Crippen molar-refractivity contribution >= 4 is 40.1 Å². The Morgan fingerprint density at radius 1 is 1.27 bits per heavy atom. The number of amides is 2. The number of nitriles is 1. The summed E-state index contributed by atoms with van der Waals surface area (Å²) in [6.07, 6.45) is 6.83. The number of aromatic nitrogens is 4. The SMILES string of the molecule is C[C@H](CO)NCc1ccc2c(c1)nc(NC(=O)c1ccc(-n3cccn3)s1)n2C[C@H]1CCCN1C(=O)/C(C#N)=C/C(C)(C)C. The Morgan fingerprint density at radius 3 is 2.80 bits per heavy atom. The van der Waals surface area contributed by atoms with Gasteiger partial charge in [0.15, 0.2) is 0 Å². The van der Waals surface area contributed by atoms with Gasteiger partial charge in [-0.15, -0.1) is 11.3 Å². The maximum atomic E-state index is 13.5. The Kier molecular flexibility index (Phi) is 9.29. The third-order valence-corrected chi connectivity index (χ3v) is 8.55.